The molecule has 65 heavy (non-hydrogen) atoms. The van der Waals surface area contributed by atoms with Gasteiger partial charge in [0.05, 0.1) is 24.4 Å². The average molecular weight is 1260 g/mol. The molecule has 9 rings (SSSR count). The minimum absolute atomic E-state index is 0. The molecule has 4 aliphatic rings. The van der Waals surface area contributed by atoms with Crippen molar-refractivity contribution in [3.05, 3.63) is 173 Å². The maximum atomic E-state index is 14.0. The van der Waals surface area contributed by atoms with Gasteiger partial charge < -0.3 is 36.2 Å². The summed E-state index contributed by atoms with van der Waals surface area (Å²) in [4.78, 5) is 58.8. The van der Waals surface area contributed by atoms with E-state index in [4.69, 9.17) is 19.2 Å². The molecule has 4 aliphatic heterocycles. The summed E-state index contributed by atoms with van der Waals surface area (Å²) in [6.07, 6.45) is 11.2. The summed E-state index contributed by atoms with van der Waals surface area (Å²) in [5.74, 6) is 1.58. The van der Waals surface area contributed by atoms with E-state index >= 15 is 0 Å². The van der Waals surface area contributed by atoms with Crippen LogP contribution in [0.5, 0.6) is 17.2 Å². The molecule has 0 radical (unpaired) electrons. The molecule has 0 N–H and O–H groups in total. The third-order valence-electron chi connectivity index (χ3n) is 12.1. The molecule has 4 heterocycles. The molecular formula is C53H49N3O7UW-2. The number of aryl methyl sites for hydroxylation is 2. The molecule has 0 bridgehead atoms. The van der Waals surface area contributed by atoms with Crippen LogP contribution in [0.15, 0.2) is 121 Å². The van der Waals surface area contributed by atoms with Gasteiger partial charge in [0.25, 0.3) is 11.8 Å². The van der Waals surface area contributed by atoms with E-state index in [0.29, 0.717) is 47.8 Å². The number of fused-ring (bicyclic) bond motifs is 4. The predicted molar refractivity (Wildman–Crippen MR) is 244 cm³/mol. The molecule has 0 saturated heterocycles. The van der Waals surface area contributed by atoms with Gasteiger partial charge in [0.2, 0.25) is 0 Å². The van der Waals surface area contributed by atoms with Crippen LogP contribution in [0.2, 0.25) is 0 Å². The van der Waals surface area contributed by atoms with Crippen molar-refractivity contribution in [3.63, 3.8) is 0 Å². The third kappa shape index (κ3) is 10.7. The Bertz CT molecular complexity index is 2680. The Balaban J connectivity index is 0.00000233. The van der Waals surface area contributed by atoms with Crippen molar-refractivity contribution in [2.75, 3.05) is 7.11 Å². The number of hydrogen-bond donors (Lipinski definition) is 0. The van der Waals surface area contributed by atoms with Gasteiger partial charge in [0.15, 0.2) is 11.5 Å². The molecule has 2 atom stereocenters. The van der Waals surface area contributed by atoms with Crippen LogP contribution in [-0.4, -0.2) is 59.1 Å². The van der Waals surface area contributed by atoms with Gasteiger partial charge in [-0.2, -0.15) is 0 Å². The zero-order valence-corrected chi connectivity index (χ0v) is 43.8. The smallest absolute Gasteiger partial charge is 0.260 e. The second-order valence-corrected chi connectivity index (χ2v) is 16.3. The number of Topliss-reactive ketones (excluding diaryl/α,β-unsaturated/α-hetero) is 1. The zero-order chi connectivity index (χ0) is 42.7. The second kappa shape index (κ2) is 21.8. The number of aliphatic imine (C=N–C) groups is 1. The van der Waals surface area contributed by atoms with Gasteiger partial charge in [-0.3, -0.25) is 25.7 Å². The predicted octanol–water partition coefficient (Wildman–Crippen LogP) is 9.78. The summed E-state index contributed by atoms with van der Waals surface area (Å²) < 4.78 is 18.4. The van der Waals surface area contributed by atoms with Crippen LogP contribution in [-0.2, 0) is 56.7 Å². The molecule has 5 aromatic rings. The van der Waals surface area contributed by atoms with Gasteiger partial charge in [-0.1, -0.05) is 72.8 Å². The summed E-state index contributed by atoms with van der Waals surface area (Å²) in [6.45, 7) is 2.57. The first-order valence-electron chi connectivity index (χ1n) is 21.1. The van der Waals surface area contributed by atoms with Crippen LogP contribution >= 0.6 is 0 Å². The number of benzene rings is 5. The van der Waals surface area contributed by atoms with E-state index in [1.165, 1.54) is 0 Å². The molecule has 0 fully saturated rings. The Kier molecular flexibility index (Phi) is 16.5. The van der Waals surface area contributed by atoms with Gasteiger partial charge in [-0.15, -0.1) is 6.42 Å². The number of carbonyl (C=O) groups excluding carboxylic acids is 4. The van der Waals surface area contributed by atoms with Crippen molar-refractivity contribution in [1.82, 2.24) is 9.80 Å². The largest absolute Gasteiger partial charge is 0.542 e. The molecule has 0 aromatic heterocycles. The van der Waals surface area contributed by atoms with E-state index in [1.54, 1.807) is 30.4 Å². The number of rotatable bonds is 14. The van der Waals surface area contributed by atoms with Crippen LogP contribution in [0.1, 0.15) is 91.8 Å². The van der Waals surface area contributed by atoms with Crippen molar-refractivity contribution >= 4 is 46.9 Å². The number of ether oxygens (including phenoxy) is 3. The fourth-order valence-electron chi connectivity index (χ4n) is 8.79. The van der Waals surface area contributed by atoms with Crippen molar-refractivity contribution in [2.45, 2.75) is 77.2 Å². The summed E-state index contributed by atoms with van der Waals surface area (Å²) in [5.41, 5.74) is 10.7. The first kappa shape index (κ1) is 49.1. The standard InChI is InChI=1S/C52H46N3O7.CH3.U.W/c1-33-20-45-39(17-18-42-23-40(29-54(42)51(45)58)38-15-13-34(14-16-38)22-44(57)12-7-19-56)25-48(33)61-31-35-8-6-9-36(21-35)32-62-50-27-47-46(26-49(50)60-2)52(59)55-30-41(24-43(55)28-53-47)37-10-4-3-5-11-37;;;/h3-6,8-11,13-16,20-21,25-30,42-43H,7,12,17-18,22-24,31-32H2,1-2H3;1H3;;/q2*-1;;/t42-,43+;;;/m1.../s1. The molecule has 0 aliphatic carbocycles. The first-order valence-corrected chi connectivity index (χ1v) is 21.1. The van der Waals surface area contributed by atoms with Crippen molar-refractivity contribution in [2.24, 2.45) is 4.99 Å². The van der Waals surface area contributed by atoms with E-state index in [-0.39, 0.29) is 109 Å². The van der Waals surface area contributed by atoms with E-state index < -0.39 is 0 Å². The fourth-order valence-corrected chi connectivity index (χ4v) is 8.79. The Morgan fingerprint density at radius 3 is 2.15 bits per heavy atom. The Morgan fingerprint density at radius 1 is 0.754 bits per heavy atom. The monoisotopic (exact) mass is 1260 g/mol. The number of carbonyl (C=O) groups is 3. The topological polar surface area (TPSA) is 115 Å². The molecule has 0 saturated carbocycles. The van der Waals surface area contributed by atoms with Crippen LogP contribution in [0.4, 0.5) is 5.69 Å². The van der Waals surface area contributed by atoms with Crippen molar-refractivity contribution in [1.29, 1.82) is 0 Å². The van der Waals surface area contributed by atoms with Gasteiger partial charge in [0, 0.05) is 101 Å². The van der Waals surface area contributed by atoms with Crippen molar-refractivity contribution in [3.8, 4) is 17.2 Å². The van der Waals surface area contributed by atoms with Crippen LogP contribution < -0.4 is 14.2 Å². The molecule has 0 unspecified atom stereocenters. The van der Waals surface area contributed by atoms with Crippen LogP contribution in [0, 0.1) is 45.5 Å². The van der Waals surface area contributed by atoms with Gasteiger partial charge in [0.1, 0.15) is 24.7 Å². The number of hydrogen-bond acceptors (Lipinski definition) is 8. The number of nitrogens with zero attached hydrogens (tertiary/aromatic N) is 3. The Labute approximate surface area is 418 Å². The molecule has 12 heteroatoms. The zero-order valence-electron chi connectivity index (χ0n) is 36.7. The average Bonchev–Trinajstić information content (AvgIpc) is 3.88. The Morgan fingerprint density at radius 2 is 1.43 bits per heavy atom. The molecule has 2 amide bonds. The van der Waals surface area contributed by atoms with Crippen LogP contribution in [0.25, 0.3) is 11.1 Å². The minimum Gasteiger partial charge on any atom is -0.542 e. The molecule has 10 nitrogen and oxygen atoms in total. The summed E-state index contributed by atoms with van der Waals surface area (Å²) in [6, 6.07) is 33.4. The molecule has 330 valence electrons. The van der Waals surface area contributed by atoms with E-state index in [9.17, 15) is 19.2 Å². The van der Waals surface area contributed by atoms with E-state index in [0.717, 1.165) is 75.1 Å². The summed E-state index contributed by atoms with van der Waals surface area (Å²) in [7, 11) is 1.56. The first-order chi connectivity index (χ1) is 30.2. The van der Waals surface area contributed by atoms with Crippen molar-refractivity contribution < 1.29 is 85.6 Å². The second-order valence-electron chi connectivity index (χ2n) is 16.3. The number of amides is 2. The maximum Gasteiger partial charge on any atom is 0.260 e. The fraction of sp³-hybridized carbons (Fsp3) is 0.245. The Hall–Kier alpha value is -5.33. The third-order valence-corrected chi connectivity index (χ3v) is 12.1. The van der Waals surface area contributed by atoms with E-state index in [2.05, 4.69) is 12.1 Å². The van der Waals surface area contributed by atoms with Crippen LogP contribution in [0.3, 0.4) is 0 Å². The SMILES string of the molecule is COc1cc2c(cc1OCc1cccc(COc3cc4c(cc3C)C(=O)N3C=C(c5ccc(CC(=O)CC[C-]=O)cc5)C[C@H]3CC4)c1)N=C[C@@H]1CC(c3ccccc3)=CN1C2=O.[CH3-].[U].[W]. The molecular weight excluding hydrogens is 1210 g/mol. The minimum atomic E-state index is -0.171. The number of methoxy groups -OCH3 is 1. The van der Waals surface area contributed by atoms with Gasteiger partial charge >= 0.3 is 0 Å². The maximum absolute atomic E-state index is 14.0. The van der Waals surface area contributed by atoms with E-state index in [1.807, 2.05) is 109 Å². The quantitative estimate of drug-likeness (QED) is 0.102. The van der Waals surface area contributed by atoms with Gasteiger partial charge in [-0.25, -0.2) is 0 Å². The molecule has 0 spiro atoms. The summed E-state index contributed by atoms with van der Waals surface area (Å²) in [5, 5.41) is 0. The normalized spacial score (nSPS) is 16.7. The number of ketones is 1. The summed E-state index contributed by atoms with van der Waals surface area (Å²) >= 11 is 0. The van der Waals surface area contributed by atoms with Gasteiger partial charge in [-0.05, 0) is 107 Å². The molecule has 5 aromatic carbocycles.